The van der Waals surface area contributed by atoms with Crippen molar-refractivity contribution in [2.24, 2.45) is 0 Å². The Morgan fingerprint density at radius 1 is 1.14 bits per heavy atom. The number of esters is 1. The maximum atomic E-state index is 13.7. The van der Waals surface area contributed by atoms with Crippen molar-refractivity contribution in [1.82, 2.24) is 9.55 Å². The molecule has 0 fully saturated rings. The zero-order valence-electron chi connectivity index (χ0n) is 15.6. The molecule has 1 atom stereocenters. The van der Waals surface area contributed by atoms with Gasteiger partial charge in [0.2, 0.25) is 0 Å². The lowest BCUT2D eigenvalue weighted by Gasteiger charge is -2.07. The van der Waals surface area contributed by atoms with E-state index in [9.17, 15) is 9.18 Å². The molecule has 2 aromatic heterocycles. The second-order valence-electron chi connectivity index (χ2n) is 6.77. The second kappa shape index (κ2) is 7.80. The minimum Gasteiger partial charge on any atom is -0.421 e. The van der Waals surface area contributed by atoms with Crippen LogP contribution in [0, 0.1) is 0 Å². The lowest BCUT2D eigenvalue weighted by molar-refractivity contribution is 0.0738. The number of hydrogen-bond donors (Lipinski definition) is 0. The van der Waals surface area contributed by atoms with Crippen LogP contribution in [0.2, 0.25) is 0 Å². The molecule has 4 nitrogen and oxygen atoms in total. The van der Waals surface area contributed by atoms with Crippen LogP contribution in [0.15, 0.2) is 67.0 Å². The summed E-state index contributed by atoms with van der Waals surface area (Å²) >= 11 is 0. The summed E-state index contributed by atoms with van der Waals surface area (Å²) in [6, 6.07) is 16.9. The fourth-order valence-electron chi connectivity index (χ4n) is 3.39. The van der Waals surface area contributed by atoms with Gasteiger partial charge in [0.05, 0.1) is 5.56 Å². The second-order valence-corrected chi connectivity index (χ2v) is 6.77. The molecule has 0 radical (unpaired) electrons. The van der Waals surface area contributed by atoms with Gasteiger partial charge >= 0.3 is 5.97 Å². The molecule has 2 heterocycles. The smallest absolute Gasteiger partial charge is 0.345 e. The highest BCUT2D eigenvalue weighted by Gasteiger charge is 2.18. The fraction of sp³-hybridized carbons (Fsp3) is 0.217. The van der Waals surface area contributed by atoms with Gasteiger partial charge in [0.1, 0.15) is 11.7 Å². The molecule has 0 aliphatic heterocycles. The van der Waals surface area contributed by atoms with Crippen LogP contribution < -0.4 is 4.74 Å². The molecule has 0 saturated heterocycles. The number of rotatable bonds is 6. The summed E-state index contributed by atoms with van der Waals surface area (Å²) in [7, 11) is 0. The summed E-state index contributed by atoms with van der Waals surface area (Å²) < 4.78 is 21.3. The van der Waals surface area contributed by atoms with Gasteiger partial charge in [0, 0.05) is 35.2 Å². The lowest BCUT2D eigenvalue weighted by Crippen LogP contribution is -2.09. The Morgan fingerprint density at radius 2 is 1.96 bits per heavy atom. The third-order valence-corrected chi connectivity index (χ3v) is 4.93. The number of carbonyl (C=O) groups is 1. The number of ether oxygens (including phenoxy) is 1. The highest BCUT2D eigenvalue weighted by Crippen LogP contribution is 2.27. The highest BCUT2D eigenvalue weighted by atomic mass is 19.1. The monoisotopic (exact) mass is 376 g/mol. The molecule has 142 valence electrons. The van der Waals surface area contributed by atoms with Crippen LogP contribution in [0.3, 0.4) is 0 Å². The van der Waals surface area contributed by atoms with Crippen LogP contribution in [0.5, 0.6) is 5.75 Å². The Morgan fingerprint density at radius 3 is 2.82 bits per heavy atom. The maximum Gasteiger partial charge on any atom is 0.345 e. The zero-order chi connectivity index (χ0) is 19.5. The molecule has 5 heteroatoms. The van der Waals surface area contributed by atoms with Crippen molar-refractivity contribution in [2.75, 3.05) is 0 Å². The first kappa shape index (κ1) is 18.2. The highest BCUT2D eigenvalue weighted by molar-refractivity contribution is 6.05. The number of carbonyl (C=O) groups excluding carboxylic acids is 1. The zero-order valence-corrected chi connectivity index (χ0v) is 15.6. The van der Waals surface area contributed by atoms with Gasteiger partial charge in [-0.25, -0.2) is 9.18 Å². The van der Waals surface area contributed by atoms with E-state index in [-0.39, 0.29) is 0 Å². The number of pyridine rings is 1. The third kappa shape index (κ3) is 3.48. The molecule has 0 saturated carbocycles. The molecule has 4 rings (SSSR count). The molecular formula is C23H21FN2O2. The number of benzene rings is 2. The van der Waals surface area contributed by atoms with E-state index in [0.717, 1.165) is 16.3 Å². The first-order valence-electron chi connectivity index (χ1n) is 9.45. The SMILES string of the molecule is CC[C@H](F)CCn1cc(C(=O)Oc2cccc3cccnc23)c2ccccc21. The number of fused-ring (bicyclic) bond motifs is 2. The van der Waals surface area contributed by atoms with Crippen molar-refractivity contribution in [3.63, 3.8) is 0 Å². The number of para-hydroxylation sites is 2. The molecule has 2 aromatic carbocycles. The first-order chi connectivity index (χ1) is 13.7. The molecule has 4 aromatic rings. The number of hydrogen-bond acceptors (Lipinski definition) is 3. The standard InChI is InChI=1S/C23H21FN2O2/c1-2-17(24)12-14-26-15-19(18-9-3-4-10-20(18)26)23(27)28-21-11-5-7-16-8-6-13-25-22(16)21/h3-11,13,15,17H,2,12,14H2,1H3/t17-/m0/s1. The summed E-state index contributed by atoms with van der Waals surface area (Å²) in [5, 5.41) is 1.70. The first-order valence-corrected chi connectivity index (χ1v) is 9.45. The van der Waals surface area contributed by atoms with E-state index in [1.807, 2.05) is 60.0 Å². The van der Waals surface area contributed by atoms with Gasteiger partial charge in [-0.3, -0.25) is 4.98 Å². The van der Waals surface area contributed by atoms with Crippen molar-refractivity contribution in [3.05, 3.63) is 72.6 Å². The molecule has 0 aliphatic rings. The number of nitrogens with zero attached hydrogens (tertiary/aromatic N) is 2. The summed E-state index contributed by atoms with van der Waals surface area (Å²) in [5.41, 5.74) is 2.01. The minimum atomic E-state index is -0.849. The largest absolute Gasteiger partial charge is 0.421 e. The third-order valence-electron chi connectivity index (χ3n) is 4.93. The van der Waals surface area contributed by atoms with Gasteiger partial charge in [-0.05, 0) is 31.0 Å². The van der Waals surface area contributed by atoms with E-state index in [0.29, 0.717) is 36.2 Å². The Balaban J connectivity index is 1.67. The fourth-order valence-corrected chi connectivity index (χ4v) is 3.39. The molecule has 0 unspecified atom stereocenters. The Labute approximate surface area is 162 Å². The van der Waals surface area contributed by atoms with E-state index < -0.39 is 12.1 Å². The number of aryl methyl sites for hydroxylation is 1. The van der Waals surface area contributed by atoms with Crippen molar-refractivity contribution < 1.29 is 13.9 Å². The van der Waals surface area contributed by atoms with E-state index in [4.69, 9.17) is 4.74 Å². The van der Waals surface area contributed by atoms with Crippen molar-refractivity contribution in [3.8, 4) is 5.75 Å². The normalized spacial score (nSPS) is 12.4. The maximum absolute atomic E-state index is 13.7. The van der Waals surface area contributed by atoms with Crippen LogP contribution >= 0.6 is 0 Å². The molecule has 0 amide bonds. The van der Waals surface area contributed by atoms with Crippen molar-refractivity contribution in [2.45, 2.75) is 32.5 Å². The van der Waals surface area contributed by atoms with Gasteiger partial charge in [-0.1, -0.05) is 43.3 Å². The van der Waals surface area contributed by atoms with Crippen molar-refractivity contribution in [1.29, 1.82) is 0 Å². The summed E-state index contributed by atoms with van der Waals surface area (Å²) in [6.07, 6.45) is 3.48. The van der Waals surface area contributed by atoms with E-state index in [2.05, 4.69) is 4.98 Å². The lowest BCUT2D eigenvalue weighted by atomic mass is 10.2. The summed E-state index contributed by atoms with van der Waals surface area (Å²) in [4.78, 5) is 17.3. The number of halogens is 1. The molecule has 28 heavy (non-hydrogen) atoms. The predicted molar refractivity (Wildman–Crippen MR) is 108 cm³/mol. The summed E-state index contributed by atoms with van der Waals surface area (Å²) in [6.45, 7) is 2.35. The van der Waals surface area contributed by atoms with Crippen LogP contribution in [0.1, 0.15) is 30.1 Å². The van der Waals surface area contributed by atoms with Gasteiger partial charge < -0.3 is 9.30 Å². The van der Waals surface area contributed by atoms with E-state index >= 15 is 0 Å². The predicted octanol–water partition coefficient (Wildman–Crippen LogP) is 5.55. The number of aromatic nitrogens is 2. The van der Waals surface area contributed by atoms with Gasteiger partial charge in [0.25, 0.3) is 0 Å². The molecule has 0 aliphatic carbocycles. The Kier molecular flexibility index (Phi) is 5.06. The van der Waals surface area contributed by atoms with Gasteiger partial charge in [-0.2, -0.15) is 0 Å². The average molecular weight is 376 g/mol. The van der Waals surface area contributed by atoms with Crippen LogP contribution in [-0.2, 0) is 6.54 Å². The molecule has 0 bridgehead atoms. The van der Waals surface area contributed by atoms with Crippen LogP contribution in [-0.4, -0.2) is 21.7 Å². The van der Waals surface area contributed by atoms with E-state index in [1.165, 1.54) is 0 Å². The molecular weight excluding hydrogens is 355 g/mol. The Hall–Kier alpha value is -3.21. The molecule has 0 N–H and O–H groups in total. The van der Waals surface area contributed by atoms with Gasteiger partial charge in [-0.15, -0.1) is 0 Å². The van der Waals surface area contributed by atoms with Crippen LogP contribution in [0.25, 0.3) is 21.8 Å². The van der Waals surface area contributed by atoms with E-state index in [1.54, 1.807) is 18.5 Å². The minimum absolute atomic E-state index is 0.414. The Bertz CT molecular complexity index is 1130. The van der Waals surface area contributed by atoms with Crippen molar-refractivity contribution >= 4 is 27.8 Å². The number of alkyl halides is 1. The van der Waals surface area contributed by atoms with Crippen LogP contribution in [0.4, 0.5) is 4.39 Å². The quantitative estimate of drug-likeness (QED) is 0.327. The van der Waals surface area contributed by atoms with Gasteiger partial charge in [0.15, 0.2) is 5.75 Å². The topological polar surface area (TPSA) is 44.1 Å². The average Bonchev–Trinajstić information content (AvgIpc) is 3.11. The molecule has 0 spiro atoms. The summed E-state index contributed by atoms with van der Waals surface area (Å²) in [5.74, 6) is -0.0184.